The highest BCUT2D eigenvalue weighted by Crippen LogP contribution is 2.13. The summed E-state index contributed by atoms with van der Waals surface area (Å²) in [6, 6.07) is 0. The Balaban J connectivity index is 4.41. The number of unbranched alkanes of at least 4 members (excludes halogenated alkanes) is 18. The zero-order valence-corrected chi connectivity index (χ0v) is 41.8. The van der Waals surface area contributed by atoms with E-state index in [1.807, 2.05) is 0 Å². The van der Waals surface area contributed by atoms with E-state index in [-0.39, 0.29) is 25.2 Å². The van der Waals surface area contributed by atoms with Gasteiger partial charge >= 0.3 is 11.9 Å². The van der Waals surface area contributed by atoms with E-state index < -0.39 is 6.10 Å². The summed E-state index contributed by atoms with van der Waals surface area (Å²) in [5.41, 5.74) is 0. The maximum atomic E-state index is 12.8. The summed E-state index contributed by atoms with van der Waals surface area (Å²) in [6.07, 6.45) is 74.0. The Labute approximate surface area is 395 Å². The van der Waals surface area contributed by atoms with E-state index in [0.717, 1.165) is 103 Å². The SMILES string of the molecule is CC/C=C\C/C=C\C/C=C\C/C=C\C/C=C\CCOCC(COC(=O)CCCCCCCC/C=C\C/C=C\C/C=C\CCCCC)OC(=O)CCCCCCC/C=C\CCCCCC. The van der Waals surface area contributed by atoms with Gasteiger partial charge in [0.05, 0.1) is 13.2 Å². The van der Waals surface area contributed by atoms with E-state index in [1.165, 1.54) is 89.9 Å². The van der Waals surface area contributed by atoms with Crippen LogP contribution in [0.5, 0.6) is 0 Å². The van der Waals surface area contributed by atoms with Crippen molar-refractivity contribution in [1.29, 1.82) is 0 Å². The lowest BCUT2D eigenvalue weighted by Crippen LogP contribution is -2.30. The van der Waals surface area contributed by atoms with Crippen LogP contribution in [-0.4, -0.2) is 37.9 Å². The molecular formula is C59H98O5. The largest absolute Gasteiger partial charge is 0.462 e. The van der Waals surface area contributed by atoms with Crippen LogP contribution in [0.3, 0.4) is 0 Å². The summed E-state index contributed by atoms with van der Waals surface area (Å²) in [7, 11) is 0. The molecule has 0 aromatic heterocycles. The summed E-state index contributed by atoms with van der Waals surface area (Å²) in [4.78, 5) is 25.4. The fraction of sp³-hybridized carbons (Fsp3) is 0.661. The van der Waals surface area contributed by atoms with Crippen molar-refractivity contribution in [3.05, 3.63) is 109 Å². The molecular weight excluding hydrogens is 789 g/mol. The molecule has 0 fully saturated rings. The fourth-order valence-electron chi connectivity index (χ4n) is 6.87. The van der Waals surface area contributed by atoms with Gasteiger partial charge in [0.25, 0.3) is 0 Å². The van der Waals surface area contributed by atoms with Crippen molar-refractivity contribution in [2.45, 2.75) is 232 Å². The lowest BCUT2D eigenvalue weighted by atomic mass is 10.1. The first-order valence-electron chi connectivity index (χ1n) is 26.4. The minimum Gasteiger partial charge on any atom is -0.462 e. The number of ether oxygens (including phenoxy) is 3. The molecule has 0 heterocycles. The van der Waals surface area contributed by atoms with Gasteiger partial charge in [-0.2, -0.15) is 0 Å². The molecule has 64 heavy (non-hydrogen) atoms. The Morgan fingerprint density at radius 1 is 0.359 bits per heavy atom. The quantitative estimate of drug-likeness (QED) is 0.0346. The highest BCUT2D eigenvalue weighted by atomic mass is 16.6. The molecule has 5 heteroatoms. The van der Waals surface area contributed by atoms with E-state index in [1.54, 1.807) is 0 Å². The standard InChI is InChI=1S/C59H98O5/c1-4-7-10-13-16-19-22-25-27-29-30-31-32-35-37-40-43-46-49-52-58(60)63-56-57(64-59(61)53-50-47-44-41-38-34-24-21-18-15-12-9-6-3)55-62-54-51-48-45-42-39-36-33-28-26-23-20-17-14-11-8-5-2/h8,11,16-17,19-21,24-28,30-31,36,39,45,48,57H,4-7,9-10,12-15,18,22-23,29,32-35,37-38,40-44,46-47,49-56H2,1-3H3/b11-8-,19-16-,20-17-,24-21-,27-25-,28-26-,31-30-,39-36-,48-45-. The molecule has 0 amide bonds. The van der Waals surface area contributed by atoms with Crippen LogP contribution in [0.4, 0.5) is 0 Å². The van der Waals surface area contributed by atoms with Crippen molar-refractivity contribution in [2.75, 3.05) is 19.8 Å². The Bertz CT molecular complexity index is 1280. The molecule has 364 valence electrons. The van der Waals surface area contributed by atoms with Crippen LogP contribution in [0, 0.1) is 0 Å². The third-order valence-corrected chi connectivity index (χ3v) is 10.8. The van der Waals surface area contributed by atoms with Crippen molar-refractivity contribution in [2.24, 2.45) is 0 Å². The summed E-state index contributed by atoms with van der Waals surface area (Å²) < 4.78 is 17.3. The molecule has 5 nitrogen and oxygen atoms in total. The van der Waals surface area contributed by atoms with Gasteiger partial charge in [0.1, 0.15) is 6.61 Å². The van der Waals surface area contributed by atoms with Gasteiger partial charge in [-0.3, -0.25) is 9.59 Å². The predicted molar refractivity (Wildman–Crippen MR) is 279 cm³/mol. The first kappa shape index (κ1) is 60.6. The summed E-state index contributed by atoms with van der Waals surface area (Å²) in [5.74, 6) is -0.467. The molecule has 0 radical (unpaired) electrons. The maximum Gasteiger partial charge on any atom is 0.306 e. The van der Waals surface area contributed by atoms with Gasteiger partial charge in [-0.1, -0.05) is 207 Å². The van der Waals surface area contributed by atoms with E-state index >= 15 is 0 Å². The highest BCUT2D eigenvalue weighted by Gasteiger charge is 2.17. The number of carbonyl (C=O) groups is 2. The first-order chi connectivity index (χ1) is 31.6. The van der Waals surface area contributed by atoms with Gasteiger partial charge in [0, 0.05) is 12.8 Å². The molecule has 1 atom stereocenters. The Morgan fingerprint density at radius 3 is 1.17 bits per heavy atom. The first-order valence-corrected chi connectivity index (χ1v) is 26.4. The minimum atomic E-state index is -0.592. The van der Waals surface area contributed by atoms with E-state index in [4.69, 9.17) is 14.2 Å². The van der Waals surface area contributed by atoms with Crippen LogP contribution in [0.1, 0.15) is 226 Å². The Hall–Kier alpha value is -3.44. The number of rotatable bonds is 47. The zero-order valence-electron chi connectivity index (χ0n) is 41.8. The number of carbonyl (C=O) groups excluding carboxylic acids is 2. The van der Waals surface area contributed by atoms with Crippen LogP contribution in [0.25, 0.3) is 0 Å². The number of esters is 2. The molecule has 0 aliphatic rings. The van der Waals surface area contributed by atoms with Crippen molar-refractivity contribution < 1.29 is 23.8 Å². The molecule has 0 spiro atoms. The highest BCUT2D eigenvalue weighted by molar-refractivity contribution is 5.70. The predicted octanol–water partition coefficient (Wildman–Crippen LogP) is 18.0. The average molecular weight is 887 g/mol. The monoisotopic (exact) mass is 887 g/mol. The van der Waals surface area contributed by atoms with Gasteiger partial charge < -0.3 is 14.2 Å². The number of allylic oxidation sites excluding steroid dienone is 17. The molecule has 0 N–H and O–H groups in total. The lowest BCUT2D eigenvalue weighted by Gasteiger charge is -2.18. The molecule has 1 unspecified atom stereocenters. The van der Waals surface area contributed by atoms with Gasteiger partial charge in [-0.25, -0.2) is 0 Å². The molecule has 0 saturated carbocycles. The smallest absolute Gasteiger partial charge is 0.306 e. The van der Waals surface area contributed by atoms with Gasteiger partial charge in [0.2, 0.25) is 0 Å². The number of hydrogen-bond acceptors (Lipinski definition) is 5. The van der Waals surface area contributed by atoms with Gasteiger partial charge in [0.15, 0.2) is 6.10 Å². The van der Waals surface area contributed by atoms with Crippen LogP contribution in [0.2, 0.25) is 0 Å². The molecule has 0 aliphatic carbocycles. The molecule has 0 rings (SSSR count). The van der Waals surface area contributed by atoms with Crippen molar-refractivity contribution >= 4 is 11.9 Å². The van der Waals surface area contributed by atoms with Gasteiger partial charge in [-0.15, -0.1) is 0 Å². The maximum absolute atomic E-state index is 12.8. The zero-order chi connectivity index (χ0) is 46.3. The third-order valence-electron chi connectivity index (χ3n) is 10.8. The topological polar surface area (TPSA) is 61.8 Å². The minimum absolute atomic E-state index is 0.0395. The van der Waals surface area contributed by atoms with Crippen LogP contribution in [0.15, 0.2) is 109 Å². The molecule has 0 saturated heterocycles. The van der Waals surface area contributed by atoms with E-state index in [2.05, 4.69) is 130 Å². The fourth-order valence-corrected chi connectivity index (χ4v) is 6.87. The second kappa shape index (κ2) is 53.9. The molecule has 0 bridgehead atoms. The summed E-state index contributed by atoms with van der Waals surface area (Å²) in [5, 5.41) is 0. The van der Waals surface area contributed by atoms with Crippen LogP contribution in [-0.2, 0) is 23.8 Å². The van der Waals surface area contributed by atoms with Crippen molar-refractivity contribution in [3.63, 3.8) is 0 Å². The van der Waals surface area contributed by atoms with E-state index in [0.29, 0.717) is 19.4 Å². The van der Waals surface area contributed by atoms with Crippen molar-refractivity contribution in [1.82, 2.24) is 0 Å². The molecule has 0 aliphatic heterocycles. The summed E-state index contributed by atoms with van der Waals surface area (Å²) in [6.45, 7) is 7.43. The average Bonchev–Trinajstić information content (AvgIpc) is 3.30. The van der Waals surface area contributed by atoms with Gasteiger partial charge in [-0.05, 0) is 116 Å². The second-order valence-corrected chi connectivity index (χ2v) is 17.0. The van der Waals surface area contributed by atoms with Crippen LogP contribution >= 0.6 is 0 Å². The molecule has 0 aromatic rings. The Morgan fingerprint density at radius 2 is 0.703 bits per heavy atom. The molecule has 0 aromatic carbocycles. The van der Waals surface area contributed by atoms with E-state index in [9.17, 15) is 9.59 Å². The summed E-state index contributed by atoms with van der Waals surface area (Å²) >= 11 is 0. The normalized spacial score (nSPS) is 13.1. The second-order valence-electron chi connectivity index (χ2n) is 17.0. The van der Waals surface area contributed by atoms with Crippen molar-refractivity contribution in [3.8, 4) is 0 Å². The van der Waals surface area contributed by atoms with Crippen LogP contribution < -0.4 is 0 Å². The Kier molecular flexibility index (Phi) is 51.0. The lowest BCUT2D eigenvalue weighted by molar-refractivity contribution is -0.162. The third kappa shape index (κ3) is 51.2. The number of hydrogen-bond donors (Lipinski definition) is 0.